The van der Waals surface area contributed by atoms with Crippen LogP contribution in [0.5, 0.6) is 0 Å². The number of hydrogen-bond acceptors (Lipinski definition) is 2. The second-order valence-electron chi connectivity index (χ2n) is 4.52. The van der Waals surface area contributed by atoms with Crippen LogP contribution in [0.2, 0.25) is 0 Å². The van der Waals surface area contributed by atoms with E-state index in [1.807, 2.05) is 60.7 Å². The van der Waals surface area contributed by atoms with E-state index >= 15 is 0 Å². The Bertz CT molecular complexity index is 537. The van der Waals surface area contributed by atoms with Crippen molar-refractivity contribution in [3.8, 4) is 0 Å². The van der Waals surface area contributed by atoms with Crippen LogP contribution in [0.25, 0.3) is 0 Å². The Morgan fingerprint density at radius 1 is 0.650 bits per heavy atom. The molecule has 0 spiro atoms. The maximum Gasteiger partial charge on any atom is 0.0857 e. The third-order valence-corrected chi connectivity index (χ3v) is 2.91. The summed E-state index contributed by atoms with van der Waals surface area (Å²) in [7, 11) is 0. The van der Waals surface area contributed by atoms with Crippen LogP contribution in [-0.2, 0) is 12.8 Å². The molecule has 0 heterocycles. The molecule has 0 aliphatic rings. The molecule has 0 bridgehead atoms. The summed E-state index contributed by atoms with van der Waals surface area (Å²) in [5.41, 5.74) is 4.17. The van der Waals surface area contributed by atoms with Gasteiger partial charge in [-0.3, -0.25) is 0 Å². The summed E-state index contributed by atoms with van der Waals surface area (Å²) in [6, 6.07) is 16.0. The Balaban J connectivity index is 2.04. The lowest BCUT2D eigenvalue weighted by Crippen LogP contribution is -1.78. The minimum absolute atomic E-state index is 0.855. The largest absolute Gasteiger partial charge is 0.151 e. The van der Waals surface area contributed by atoms with E-state index in [0.29, 0.717) is 0 Å². The maximum atomic E-state index is 4.23. The van der Waals surface area contributed by atoms with Gasteiger partial charge in [0.25, 0.3) is 0 Å². The molecule has 0 unspecified atom stereocenters. The molecular weight excluding hydrogens is 244 g/mol. The summed E-state index contributed by atoms with van der Waals surface area (Å²) in [5, 5.41) is 8.46. The number of benzene rings is 2. The fourth-order valence-corrected chi connectivity index (χ4v) is 1.85. The zero-order valence-corrected chi connectivity index (χ0v) is 11.5. The van der Waals surface area contributed by atoms with E-state index in [1.54, 1.807) is 0 Å². The summed E-state index contributed by atoms with van der Waals surface area (Å²) in [4.78, 5) is 0. The summed E-state index contributed by atoms with van der Waals surface area (Å²) in [5.74, 6) is 0. The molecule has 0 amide bonds. The van der Waals surface area contributed by atoms with Crippen molar-refractivity contribution >= 4 is 11.4 Å². The van der Waals surface area contributed by atoms with Crippen LogP contribution in [0, 0.1) is 0 Å². The molecule has 0 aromatic heterocycles. The highest BCUT2D eigenvalue weighted by molar-refractivity contribution is 5.42. The van der Waals surface area contributed by atoms with Crippen molar-refractivity contribution in [3.05, 3.63) is 85.0 Å². The number of rotatable bonds is 6. The van der Waals surface area contributed by atoms with Crippen LogP contribution in [-0.4, -0.2) is 0 Å². The van der Waals surface area contributed by atoms with Crippen LogP contribution >= 0.6 is 0 Å². The second kappa shape index (κ2) is 7.19. The van der Waals surface area contributed by atoms with E-state index in [-0.39, 0.29) is 0 Å². The molecule has 0 N–H and O–H groups in total. The average molecular weight is 262 g/mol. The Kier molecular flexibility index (Phi) is 5.01. The molecule has 0 saturated heterocycles. The van der Waals surface area contributed by atoms with Gasteiger partial charge in [-0.15, -0.1) is 13.2 Å². The lowest BCUT2D eigenvalue weighted by Gasteiger charge is -1.98. The van der Waals surface area contributed by atoms with Crippen LogP contribution < -0.4 is 0 Å². The summed E-state index contributed by atoms with van der Waals surface area (Å²) in [6.07, 6.45) is 5.53. The molecule has 2 aromatic carbocycles. The Morgan fingerprint density at radius 3 is 1.30 bits per heavy atom. The van der Waals surface area contributed by atoms with Crippen LogP contribution in [0.3, 0.4) is 0 Å². The van der Waals surface area contributed by atoms with Gasteiger partial charge in [0.2, 0.25) is 0 Å². The van der Waals surface area contributed by atoms with Crippen LogP contribution in [0.1, 0.15) is 11.1 Å². The van der Waals surface area contributed by atoms with E-state index in [1.165, 1.54) is 11.1 Å². The molecule has 0 aliphatic heterocycles. The third-order valence-electron chi connectivity index (χ3n) is 2.91. The molecule has 0 aliphatic carbocycles. The van der Waals surface area contributed by atoms with Crippen LogP contribution in [0.15, 0.2) is 84.1 Å². The lowest BCUT2D eigenvalue weighted by molar-refractivity contribution is 1.20. The first-order valence-corrected chi connectivity index (χ1v) is 6.63. The Hall–Kier alpha value is -2.48. The smallest absolute Gasteiger partial charge is 0.0857 e. The normalized spacial score (nSPS) is 10.6. The van der Waals surface area contributed by atoms with Crippen molar-refractivity contribution in [3.63, 3.8) is 0 Å². The molecular formula is C18H18N2. The van der Waals surface area contributed by atoms with Gasteiger partial charge in [-0.2, -0.15) is 10.2 Å². The van der Waals surface area contributed by atoms with Gasteiger partial charge < -0.3 is 0 Å². The van der Waals surface area contributed by atoms with Crippen molar-refractivity contribution in [2.24, 2.45) is 10.2 Å². The van der Waals surface area contributed by atoms with E-state index < -0.39 is 0 Å². The van der Waals surface area contributed by atoms with E-state index in [0.717, 1.165) is 24.2 Å². The first kappa shape index (κ1) is 13.9. The van der Waals surface area contributed by atoms with Gasteiger partial charge in [0.15, 0.2) is 0 Å². The minimum Gasteiger partial charge on any atom is -0.151 e. The molecule has 2 nitrogen and oxygen atoms in total. The van der Waals surface area contributed by atoms with Crippen molar-refractivity contribution in [2.45, 2.75) is 12.8 Å². The van der Waals surface area contributed by atoms with Gasteiger partial charge in [0.05, 0.1) is 11.4 Å². The molecule has 20 heavy (non-hydrogen) atoms. The predicted molar refractivity (Wildman–Crippen MR) is 84.9 cm³/mol. The first-order chi connectivity index (χ1) is 9.81. The zero-order chi connectivity index (χ0) is 14.2. The zero-order valence-electron chi connectivity index (χ0n) is 11.5. The van der Waals surface area contributed by atoms with Crippen molar-refractivity contribution in [2.75, 3.05) is 0 Å². The van der Waals surface area contributed by atoms with Crippen molar-refractivity contribution < 1.29 is 0 Å². The predicted octanol–water partition coefficient (Wildman–Crippen LogP) is 5.56. The molecule has 0 radical (unpaired) electrons. The van der Waals surface area contributed by atoms with E-state index in [2.05, 4.69) is 23.4 Å². The van der Waals surface area contributed by atoms with Gasteiger partial charge in [0, 0.05) is 0 Å². The molecule has 0 saturated carbocycles. The van der Waals surface area contributed by atoms with E-state index in [4.69, 9.17) is 0 Å². The quantitative estimate of drug-likeness (QED) is 0.481. The molecule has 0 fully saturated rings. The average Bonchev–Trinajstić information content (AvgIpc) is 2.49. The molecule has 2 heteroatoms. The fourth-order valence-electron chi connectivity index (χ4n) is 1.85. The summed E-state index contributed by atoms with van der Waals surface area (Å²) >= 11 is 0. The van der Waals surface area contributed by atoms with Gasteiger partial charge >= 0.3 is 0 Å². The standard InChI is InChI=1S/C18H18N2/c1-3-5-15-7-11-17(12-8-15)19-20-18-13-9-16(6-4-2)10-14-18/h3-4,7-14H,1-2,5-6H2. The van der Waals surface area contributed by atoms with Gasteiger partial charge in [-0.1, -0.05) is 36.4 Å². The lowest BCUT2D eigenvalue weighted by atomic mass is 10.1. The SMILES string of the molecule is C=CCc1ccc(N=Nc2ccc(CC=C)cc2)cc1. The fraction of sp³-hybridized carbons (Fsp3) is 0.111. The van der Waals surface area contributed by atoms with Crippen molar-refractivity contribution in [1.82, 2.24) is 0 Å². The summed E-state index contributed by atoms with van der Waals surface area (Å²) < 4.78 is 0. The number of nitrogens with zero attached hydrogens (tertiary/aromatic N) is 2. The third kappa shape index (κ3) is 4.02. The first-order valence-electron chi connectivity index (χ1n) is 6.63. The highest BCUT2D eigenvalue weighted by Gasteiger charge is 1.94. The number of allylic oxidation sites excluding steroid dienone is 2. The van der Waals surface area contributed by atoms with Gasteiger partial charge in [0.1, 0.15) is 0 Å². The molecule has 2 aromatic rings. The van der Waals surface area contributed by atoms with E-state index in [9.17, 15) is 0 Å². The highest BCUT2D eigenvalue weighted by Crippen LogP contribution is 2.19. The topological polar surface area (TPSA) is 24.7 Å². The molecule has 2 rings (SSSR count). The van der Waals surface area contributed by atoms with Gasteiger partial charge in [-0.05, 0) is 48.2 Å². The van der Waals surface area contributed by atoms with Gasteiger partial charge in [-0.25, -0.2) is 0 Å². The highest BCUT2D eigenvalue weighted by atomic mass is 15.1. The molecule has 0 atom stereocenters. The van der Waals surface area contributed by atoms with Crippen molar-refractivity contribution in [1.29, 1.82) is 0 Å². The monoisotopic (exact) mass is 262 g/mol. The minimum atomic E-state index is 0.855. The summed E-state index contributed by atoms with van der Waals surface area (Å²) in [6.45, 7) is 7.45. The Morgan fingerprint density at radius 2 is 1.00 bits per heavy atom. The Labute approximate surface area is 120 Å². The maximum absolute atomic E-state index is 4.23. The number of azo groups is 1. The number of hydrogen-bond donors (Lipinski definition) is 0. The van der Waals surface area contributed by atoms with Crippen LogP contribution in [0.4, 0.5) is 11.4 Å². The molecule has 100 valence electrons. The second-order valence-corrected chi connectivity index (χ2v) is 4.52.